The Hall–Kier alpha value is -1.89. The van der Waals surface area contributed by atoms with Gasteiger partial charge in [-0.15, -0.1) is 0 Å². The van der Waals surface area contributed by atoms with Crippen LogP contribution in [0.3, 0.4) is 0 Å². The fourth-order valence-electron chi connectivity index (χ4n) is 2.08. The van der Waals surface area contributed by atoms with Gasteiger partial charge in [0.1, 0.15) is 6.33 Å². The van der Waals surface area contributed by atoms with Crippen LogP contribution in [-0.2, 0) is 4.79 Å². The van der Waals surface area contributed by atoms with E-state index < -0.39 is 0 Å². The number of nitrogens with zero attached hydrogens (tertiary/aromatic N) is 2. The Kier molecular flexibility index (Phi) is 5.18. The first-order chi connectivity index (χ1) is 11.5. The third-order valence-corrected chi connectivity index (χ3v) is 4.07. The highest BCUT2D eigenvalue weighted by atomic mass is 79.9. The van der Waals surface area contributed by atoms with Crippen LogP contribution in [0.1, 0.15) is 0 Å². The zero-order valence-electron chi connectivity index (χ0n) is 12.1. The highest BCUT2D eigenvalue weighted by Crippen LogP contribution is 2.30. The van der Waals surface area contributed by atoms with Crippen LogP contribution in [0.15, 0.2) is 47.2 Å². The third kappa shape index (κ3) is 3.95. The summed E-state index contributed by atoms with van der Waals surface area (Å²) in [5, 5.41) is 4.11. The minimum atomic E-state index is -0.312. The number of fused-ring (bicyclic) bond motifs is 1. The molecule has 3 rings (SSSR count). The molecule has 8 heteroatoms. The van der Waals surface area contributed by atoms with Gasteiger partial charge in [0.15, 0.2) is 6.61 Å². The summed E-state index contributed by atoms with van der Waals surface area (Å²) >= 11 is 15.5. The first-order valence-electron chi connectivity index (χ1n) is 6.81. The second-order valence-corrected chi connectivity index (χ2v) is 6.57. The summed E-state index contributed by atoms with van der Waals surface area (Å²) < 4.78 is 6.37. The Balaban J connectivity index is 1.75. The Morgan fingerprint density at radius 2 is 2.04 bits per heavy atom. The molecule has 5 nitrogen and oxygen atoms in total. The molecule has 0 unspecified atom stereocenters. The fraction of sp³-hybridized carbons (Fsp3) is 0.0625. The Morgan fingerprint density at radius 3 is 2.83 bits per heavy atom. The summed E-state index contributed by atoms with van der Waals surface area (Å²) in [5.74, 6) is -0.0678. The van der Waals surface area contributed by atoms with E-state index in [1.54, 1.807) is 24.3 Å². The Bertz CT molecular complexity index is 921. The van der Waals surface area contributed by atoms with Crippen molar-refractivity contribution >= 4 is 61.6 Å². The second-order valence-electron chi connectivity index (χ2n) is 4.81. The van der Waals surface area contributed by atoms with E-state index in [0.29, 0.717) is 26.6 Å². The van der Waals surface area contributed by atoms with Crippen molar-refractivity contribution in [2.75, 3.05) is 11.9 Å². The van der Waals surface area contributed by atoms with Crippen LogP contribution in [0, 0.1) is 0 Å². The van der Waals surface area contributed by atoms with Crippen LogP contribution in [0.25, 0.3) is 10.9 Å². The monoisotopic (exact) mass is 425 g/mol. The number of halogens is 3. The average Bonchev–Trinajstić information content (AvgIpc) is 2.53. The lowest BCUT2D eigenvalue weighted by Crippen LogP contribution is -2.20. The summed E-state index contributed by atoms with van der Waals surface area (Å²) in [4.78, 5) is 20.2. The quantitative estimate of drug-likeness (QED) is 0.655. The predicted molar refractivity (Wildman–Crippen MR) is 97.8 cm³/mol. The maximum Gasteiger partial charge on any atom is 0.262 e. The van der Waals surface area contributed by atoms with E-state index in [-0.39, 0.29) is 18.4 Å². The molecule has 1 heterocycles. The molecule has 1 amide bonds. The lowest BCUT2D eigenvalue weighted by molar-refractivity contribution is -0.118. The van der Waals surface area contributed by atoms with Gasteiger partial charge in [-0.2, -0.15) is 0 Å². The number of carbonyl (C=O) groups excluding carboxylic acids is 1. The molecule has 0 saturated heterocycles. The van der Waals surface area contributed by atoms with E-state index in [4.69, 9.17) is 27.9 Å². The molecule has 0 aliphatic rings. The van der Waals surface area contributed by atoms with Crippen molar-refractivity contribution in [2.45, 2.75) is 0 Å². The number of hydrogen-bond donors (Lipinski definition) is 1. The molecule has 0 aliphatic heterocycles. The lowest BCUT2D eigenvalue weighted by Gasteiger charge is -2.09. The average molecular weight is 427 g/mol. The molecular formula is C16H10BrCl2N3O2. The number of nitrogens with one attached hydrogen (secondary N) is 1. The van der Waals surface area contributed by atoms with Gasteiger partial charge in [0.2, 0.25) is 5.88 Å². The highest BCUT2D eigenvalue weighted by molar-refractivity contribution is 9.10. The van der Waals surface area contributed by atoms with E-state index in [2.05, 4.69) is 31.2 Å². The summed E-state index contributed by atoms with van der Waals surface area (Å²) in [5.41, 5.74) is 1.18. The number of rotatable bonds is 4. The molecule has 24 heavy (non-hydrogen) atoms. The van der Waals surface area contributed by atoms with E-state index in [1.165, 1.54) is 6.33 Å². The smallest absolute Gasteiger partial charge is 0.262 e. The molecule has 2 aromatic carbocycles. The highest BCUT2D eigenvalue weighted by Gasteiger charge is 2.11. The van der Waals surface area contributed by atoms with Gasteiger partial charge in [-0.25, -0.2) is 9.97 Å². The molecule has 0 fully saturated rings. The number of amides is 1. The first kappa shape index (κ1) is 17.0. The van der Waals surface area contributed by atoms with E-state index in [1.807, 2.05) is 12.1 Å². The topological polar surface area (TPSA) is 64.1 Å². The molecule has 0 aliphatic carbocycles. The molecule has 1 N–H and O–H groups in total. The first-order valence-corrected chi connectivity index (χ1v) is 8.36. The summed E-state index contributed by atoms with van der Waals surface area (Å²) in [6, 6.07) is 10.5. The number of ether oxygens (including phenoxy) is 1. The van der Waals surface area contributed by atoms with Gasteiger partial charge in [-0.3, -0.25) is 4.79 Å². The molecule has 0 spiro atoms. The maximum atomic E-state index is 12.0. The molecule has 122 valence electrons. The molecule has 1 aromatic heterocycles. The van der Waals surface area contributed by atoms with Gasteiger partial charge >= 0.3 is 0 Å². The number of benzene rings is 2. The zero-order valence-corrected chi connectivity index (χ0v) is 15.2. The lowest BCUT2D eigenvalue weighted by atomic mass is 10.2. The van der Waals surface area contributed by atoms with E-state index in [9.17, 15) is 4.79 Å². The molecule has 3 aromatic rings. The minimum Gasteiger partial charge on any atom is -0.467 e. The van der Waals surface area contributed by atoms with Crippen LogP contribution in [-0.4, -0.2) is 22.5 Å². The SMILES string of the molecule is O=C(COc1ncnc2c(Cl)cc(Cl)cc12)Nc1cccc(Br)c1. The number of carbonyl (C=O) groups is 1. The van der Waals surface area contributed by atoms with Crippen molar-refractivity contribution in [3.8, 4) is 5.88 Å². The second kappa shape index (κ2) is 7.34. The number of aromatic nitrogens is 2. The molecule has 0 saturated carbocycles. The Labute approximate surface area is 156 Å². The summed E-state index contributed by atoms with van der Waals surface area (Å²) in [6.45, 7) is -0.206. The maximum absolute atomic E-state index is 12.0. The third-order valence-electron chi connectivity index (χ3n) is 3.07. The van der Waals surface area contributed by atoms with Crippen molar-refractivity contribution in [3.05, 3.63) is 57.2 Å². The van der Waals surface area contributed by atoms with Gasteiger partial charge in [-0.1, -0.05) is 45.2 Å². The standard InChI is InChI=1S/C16H10BrCl2N3O2/c17-9-2-1-3-11(4-9)22-14(23)7-24-16-12-5-10(18)6-13(19)15(12)20-8-21-16/h1-6,8H,7H2,(H,22,23). The number of hydrogen-bond acceptors (Lipinski definition) is 4. The summed E-state index contributed by atoms with van der Waals surface area (Å²) in [7, 11) is 0. The van der Waals surface area contributed by atoms with Gasteiger partial charge in [0.25, 0.3) is 5.91 Å². The van der Waals surface area contributed by atoms with Crippen LogP contribution < -0.4 is 10.1 Å². The van der Waals surface area contributed by atoms with Gasteiger partial charge in [-0.05, 0) is 30.3 Å². The van der Waals surface area contributed by atoms with Crippen LogP contribution >= 0.6 is 39.1 Å². The molecule has 0 atom stereocenters. The fourth-order valence-corrected chi connectivity index (χ4v) is 3.02. The van der Waals surface area contributed by atoms with Gasteiger partial charge in [0, 0.05) is 15.2 Å². The largest absolute Gasteiger partial charge is 0.467 e. The van der Waals surface area contributed by atoms with E-state index >= 15 is 0 Å². The summed E-state index contributed by atoms with van der Waals surface area (Å²) in [6.07, 6.45) is 1.32. The van der Waals surface area contributed by atoms with Crippen LogP contribution in [0.2, 0.25) is 10.0 Å². The molecule has 0 radical (unpaired) electrons. The normalized spacial score (nSPS) is 10.6. The van der Waals surface area contributed by atoms with Crippen molar-refractivity contribution in [3.63, 3.8) is 0 Å². The van der Waals surface area contributed by atoms with Crippen molar-refractivity contribution in [1.29, 1.82) is 0 Å². The zero-order chi connectivity index (χ0) is 17.1. The van der Waals surface area contributed by atoms with E-state index in [0.717, 1.165) is 4.47 Å². The van der Waals surface area contributed by atoms with Gasteiger partial charge in [0.05, 0.1) is 15.9 Å². The molecule has 0 bridgehead atoms. The van der Waals surface area contributed by atoms with Crippen LogP contribution in [0.5, 0.6) is 5.88 Å². The van der Waals surface area contributed by atoms with Crippen molar-refractivity contribution in [2.24, 2.45) is 0 Å². The van der Waals surface area contributed by atoms with Crippen molar-refractivity contribution in [1.82, 2.24) is 9.97 Å². The minimum absolute atomic E-state index is 0.206. The van der Waals surface area contributed by atoms with Crippen LogP contribution in [0.4, 0.5) is 5.69 Å². The number of anilines is 1. The molecular weight excluding hydrogens is 417 g/mol. The predicted octanol–water partition coefficient (Wildman–Crippen LogP) is 4.72. The van der Waals surface area contributed by atoms with Crippen molar-refractivity contribution < 1.29 is 9.53 Å². The Morgan fingerprint density at radius 1 is 1.21 bits per heavy atom. The van der Waals surface area contributed by atoms with Gasteiger partial charge < -0.3 is 10.1 Å².